The van der Waals surface area contributed by atoms with Crippen molar-refractivity contribution in [1.29, 1.82) is 0 Å². The number of hydrogen-bond acceptors (Lipinski definition) is 2. The van der Waals surface area contributed by atoms with Gasteiger partial charge in [-0.15, -0.1) is 0 Å². The van der Waals surface area contributed by atoms with Crippen LogP contribution in [0.25, 0.3) is 0 Å². The molecule has 0 aliphatic rings. The molecule has 0 saturated carbocycles. The van der Waals surface area contributed by atoms with Crippen LogP contribution in [0.1, 0.15) is 13.8 Å². The van der Waals surface area contributed by atoms with E-state index in [-0.39, 0.29) is 22.0 Å². The number of hydrogen-bond donors (Lipinski definition) is 3. The summed E-state index contributed by atoms with van der Waals surface area (Å²) in [5, 5.41) is 14.5. The number of rotatable bonds is 5. The number of nitrogens with one attached hydrogen (secondary N) is 1. The van der Waals surface area contributed by atoms with Gasteiger partial charge >= 0.3 is 0 Å². The van der Waals surface area contributed by atoms with Crippen molar-refractivity contribution in [3.05, 3.63) is 27.2 Å². The zero-order valence-corrected chi connectivity index (χ0v) is 12.9. The largest absolute Gasteiger partial charge is 0.388 e. The van der Waals surface area contributed by atoms with Crippen LogP contribution in [0.5, 0.6) is 0 Å². The molecule has 1 rings (SSSR count). The number of carbonyl (C=O) groups excluding carboxylic acids is 1. The molecule has 0 aromatic heterocycles. The first-order valence-corrected chi connectivity index (χ1v) is 6.91. The van der Waals surface area contributed by atoms with Gasteiger partial charge in [0.05, 0.1) is 21.8 Å². The number of benzene rings is 1. The van der Waals surface area contributed by atoms with Crippen molar-refractivity contribution in [3.63, 3.8) is 0 Å². The minimum Gasteiger partial charge on any atom is -0.388 e. The third-order valence-electron chi connectivity index (χ3n) is 2.50. The van der Waals surface area contributed by atoms with Crippen LogP contribution >= 0.6 is 34.8 Å². The molecule has 0 bridgehead atoms. The molecule has 1 amide bonds. The maximum atomic E-state index is 11.9. The highest BCUT2D eigenvalue weighted by Crippen LogP contribution is 2.33. The van der Waals surface area contributed by atoms with Crippen LogP contribution in [0.3, 0.4) is 0 Å². The number of nitrogens with two attached hydrogens (primary N) is 1. The summed E-state index contributed by atoms with van der Waals surface area (Å²) in [6.07, 6.45) is -0.474. The van der Waals surface area contributed by atoms with E-state index in [4.69, 9.17) is 34.8 Å². The van der Waals surface area contributed by atoms with Crippen molar-refractivity contribution in [1.82, 2.24) is 0 Å². The molecule has 7 heteroatoms. The molecule has 0 spiro atoms. The number of halogens is 3. The van der Waals surface area contributed by atoms with E-state index in [1.165, 1.54) is 12.1 Å². The van der Waals surface area contributed by atoms with E-state index in [9.17, 15) is 9.90 Å². The summed E-state index contributed by atoms with van der Waals surface area (Å²) in [7, 11) is 0. The second-order valence-corrected chi connectivity index (χ2v) is 5.59. The molecule has 0 aliphatic heterocycles. The van der Waals surface area contributed by atoms with Crippen molar-refractivity contribution < 1.29 is 15.2 Å². The van der Waals surface area contributed by atoms with Gasteiger partial charge in [-0.1, -0.05) is 34.8 Å². The van der Waals surface area contributed by atoms with Crippen LogP contribution in [-0.2, 0) is 4.79 Å². The predicted octanol–water partition coefficient (Wildman–Crippen LogP) is 1.92. The van der Waals surface area contributed by atoms with Gasteiger partial charge in [0.2, 0.25) is 0 Å². The summed E-state index contributed by atoms with van der Waals surface area (Å²) >= 11 is 17.7. The third-order valence-corrected chi connectivity index (χ3v) is 3.31. The molecule has 19 heavy (non-hydrogen) atoms. The second kappa shape index (κ2) is 7.31. The van der Waals surface area contributed by atoms with Gasteiger partial charge in [-0.3, -0.25) is 4.79 Å². The van der Waals surface area contributed by atoms with Crippen LogP contribution in [0.15, 0.2) is 12.1 Å². The number of amides is 1. The van der Waals surface area contributed by atoms with E-state index in [0.29, 0.717) is 17.3 Å². The summed E-state index contributed by atoms with van der Waals surface area (Å²) in [4.78, 5) is 11.9. The van der Waals surface area contributed by atoms with Gasteiger partial charge in [0, 0.05) is 5.02 Å². The fourth-order valence-electron chi connectivity index (χ4n) is 1.41. The molecule has 0 radical (unpaired) electrons. The minimum atomic E-state index is -0.474. The Hall–Kier alpha value is -0.520. The van der Waals surface area contributed by atoms with Gasteiger partial charge in [0.15, 0.2) is 6.04 Å². The molecule has 0 saturated heterocycles. The van der Waals surface area contributed by atoms with Crippen molar-refractivity contribution >= 4 is 46.4 Å². The van der Waals surface area contributed by atoms with E-state index >= 15 is 0 Å². The average Bonchev–Trinajstić information content (AvgIpc) is 2.30. The lowest BCUT2D eigenvalue weighted by atomic mass is 10.2. The molecule has 4 N–H and O–H groups in total. The number of anilines is 1. The first-order valence-electron chi connectivity index (χ1n) is 5.78. The Labute approximate surface area is 127 Å². The monoisotopic (exact) mass is 325 g/mol. The summed E-state index contributed by atoms with van der Waals surface area (Å²) in [5.41, 5.74) is 0.343. The maximum Gasteiger partial charge on any atom is 0.282 e. The molecular weight excluding hydrogens is 311 g/mol. The van der Waals surface area contributed by atoms with Gasteiger partial charge in [0.25, 0.3) is 5.91 Å². The fraction of sp³-hybridized carbons (Fsp3) is 0.417. The molecule has 0 heterocycles. The van der Waals surface area contributed by atoms with Gasteiger partial charge in [-0.25, -0.2) is 0 Å². The number of aliphatic hydroxyl groups excluding tert-OH is 1. The Bertz CT molecular complexity index is 443. The lowest BCUT2D eigenvalue weighted by molar-refractivity contribution is -0.678. The molecule has 0 unspecified atom stereocenters. The molecular formula is C12H16Cl3N2O2+. The number of quaternary nitrogens is 1. The Balaban J connectivity index is 2.72. The van der Waals surface area contributed by atoms with Crippen molar-refractivity contribution in [2.75, 3.05) is 11.9 Å². The zero-order chi connectivity index (χ0) is 14.6. The van der Waals surface area contributed by atoms with E-state index in [1.807, 2.05) is 0 Å². The first-order chi connectivity index (χ1) is 8.81. The predicted molar refractivity (Wildman–Crippen MR) is 78.0 cm³/mol. The lowest BCUT2D eigenvalue weighted by Crippen LogP contribution is -2.93. The molecule has 1 aromatic rings. The van der Waals surface area contributed by atoms with Crippen molar-refractivity contribution in [2.45, 2.75) is 26.0 Å². The maximum absolute atomic E-state index is 11.9. The number of carbonyl (C=O) groups is 1. The normalized spacial score (nSPS) is 14.0. The van der Waals surface area contributed by atoms with Crippen LogP contribution in [0, 0.1) is 0 Å². The Morgan fingerprint density at radius 3 is 2.32 bits per heavy atom. The van der Waals surface area contributed by atoms with Crippen molar-refractivity contribution in [3.8, 4) is 0 Å². The topological polar surface area (TPSA) is 65.9 Å². The summed E-state index contributed by atoms with van der Waals surface area (Å²) < 4.78 is 0. The molecule has 0 aliphatic carbocycles. The number of aliphatic hydroxyl groups is 1. The molecule has 0 fully saturated rings. The van der Waals surface area contributed by atoms with Gasteiger partial charge < -0.3 is 15.7 Å². The summed E-state index contributed by atoms with van der Waals surface area (Å²) in [6.45, 7) is 3.83. The summed E-state index contributed by atoms with van der Waals surface area (Å²) in [6, 6.07) is 2.65. The fourth-order valence-corrected chi connectivity index (χ4v) is 2.32. The minimum absolute atomic E-state index is 0.244. The van der Waals surface area contributed by atoms with E-state index in [2.05, 4.69) is 5.32 Å². The van der Waals surface area contributed by atoms with Crippen LogP contribution in [0.2, 0.25) is 15.1 Å². The standard InChI is InChI=1S/C12H15Cl3N2O2/c1-6(18)5-16-7(2)12(19)17-11-9(14)3-8(13)4-10(11)15/h3-4,6-7,16,18H,5H2,1-2H3,(H,17,19)/p+1/t6-,7-/m1/s1. The molecule has 106 valence electrons. The van der Waals surface area contributed by atoms with Crippen LogP contribution < -0.4 is 10.6 Å². The highest BCUT2D eigenvalue weighted by molar-refractivity contribution is 6.42. The quantitative estimate of drug-likeness (QED) is 0.774. The van der Waals surface area contributed by atoms with E-state index < -0.39 is 6.10 Å². The van der Waals surface area contributed by atoms with E-state index in [0.717, 1.165) is 0 Å². The first kappa shape index (κ1) is 16.5. The zero-order valence-electron chi connectivity index (χ0n) is 10.6. The molecule has 1 aromatic carbocycles. The Morgan fingerprint density at radius 1 is 1.32 bits per heavy atom. The van der Waals surface area contributed by atoms with Crippen molar-refractivity contribution in [2.24, 2.45) is 0 Å². The van der Waals surface area contributed by atoms with Gasteiger partial charge in [0.1, 0.15) is 6.54 Å². The molecule has 4 nitrogen and oxygen atoms in total. The Morgan fingerprint density at radius 2 is 1.84 bits per heavy atom. The van der Waals surface area contributed by atoms with Gasteiger partial charge in [-0.2, -0.15) is 0 Å². The van der Waals surface area contributed by atoms with Crippen LogP contribution in [-0.4, -0.2) is 29.7 Å². The van der Waals surface area contributed by atoms with E-state index in [1.54, 1.807) is 19.2 Å². The highest BCUT2D eigenvalue weighted by atomic mass is 35.5. The van der Waals surface area contributed by atoms with Crippen LogP contribution in [0.4, 0.5) is 5.69 Å². The molecule has 2 atom stereocenters. The Kier molecular flexibility index (Phi) is 6.36. The SMILES string of the molecule is C[C@@H](O)C[NH2+][C@H](C)C(=O)Nc1c(Cl)cc(Cl)cc1Cl. The third kappa shape index (κ3) is 5.16. The highest BCUT2D eigenvalue weighted by Gasteiger charge is 2.19. The smallest absolute Gasteiger partial charge is 0.282 e. The average molecular weight is 327 g/mol. The summed E-state index contributed by atoms with van der Waals surface area (Å²) in [5.74, 6) is -0.244. The lowest BCUT2D eigenvalue weighted by Gasteiger charge is -2.14. The second-order valence-electron chi connectivity index (χ2n) is 4.34. The van der Waals surface area contributed by atoms with Gasteiger partial charge in [-0.05, 0) is 26.0 Å².